The second-order valence-corrected chi connectivity index (χ2v) is 10.1. The van der Waals surface area contributed by atoms with E-state index in [4.69, 9.17) is 9.47 Å². The standard InChI is InChI=1S/C22H36O3/c1-8-20(5)12-9-17-21(6)13-11-18(24-15(2)23)19(3,4)16(21)10-14-22(17,7)25-20/h8,16-18H,1,9-14H2,2-7H3/t16-,17+,18-,20-,21-,22+/m0/s1. The molecule has 1 aliphatic heterocycles. The third kappa shape index (κ3) is 2.87. The van der Waals surface area contributed by atoms with Crippen molar-refractivity contribution in [1.29, 1.82) is 0 Å². The Morgan fingerprint density at radius 2 is 1.68 bits per heavy atom. The van der Waals surface area contributed by atoms with Gasteiger partial charge in [-0.05, 0) is 69.6 Å². The molecule has 6 atom stereocenters. The fraction of sp³-hybridized carbons (Fsp3) is 0.864. The molecule has 25 heavy (non-hydrogen) atoms. The second kappa shape index (κ2) is 5.84. The Balaban J connectivity index is 1.90. The number of hydrogen-bond donors (Lipinski definition) is 0. The lowest BCUT2D eigenvalue weighted by atomic mass is 9.44. The molecule has 0 radical (unpaired) electrons. The van der Waals surface area contributed by atoms with Crippen LogP contribution in [0, 0.1) is 22.7 Å². The summed E-state index contributed by atoms with van der Waals surface area (Å²) in [6.07, 6.45) is 8.57. The fourth-order valence-electron chi connectivity index (χ4n) is 6.81. The van der Waals surface area contributed by atoms with Gasteiger partial charge >= 0.3 is 5.97 Å². The molecule has 0 aromatic carbocycles. The van der Waals surface area contributed by atoms with Crippen LogP contribution in [0.15, 0.2) is 12.7 Å². The average Bonchev–Trinajstić information content (AvgIpc) is 2.49. The van der Waals surface area contributed by atoms with Crippen molar-refractivity contribution < 1.29 is 14.3 Å². The zero-order valence-corrected chi connectivity index (χ0v) is 17.0. The first kappa shape index (κ1) is 18.9. The molecule has 3 rings (SSSR count). The number of fused-ring (bicyclic) bond motifs is 3. The Kier molecular flexibility index (Phi) is 4.42. The SMILES string of the molecule is C=C[C@@]1(C)CC[C@@H]2[C@@]3(C)CC[C@H](OC(C)=O)C(C)(C)[C@@H]3CC[C@@]2(C)O1. The van der Waals surface area contributed by atoms with Gasteiger partial charge in [-0.2, -0.15) is 0 Å². The van der Waals surface area contributed by atoms with Gasteiger partial charge < -0.3 is 9.47 Å². The molecule has 0 N–H and O–H groups in total. The van der Waals surface area contributed by atoms with Crippen molar-refractivity contribution in [3.05, 3.63) is 12.7 Å². The lowest BCUT2D eigenvalue weighted by molar-refractivity contribution is -0.263. The van der Waals surface area contributed by atoms with Gasteiger partial charge in [0.05, 0.1) is 11.2 Å². The molecule has 0 aromatic rings. The summed E-state index contributed by atoms with van der Waals surface area (Å²) in [7, 11) is 0. The van der Waals surface area contributed by atoms with E-state index in [1.807, 2.05) is 6.08 Å². The van der Waals surface area contributed by atoms with Gasteiger partial charge in [0.2, 0.25) is 0 Å². The van der Waals surface area contributed by atoms with Crippen molar-refractivity contribution in [2.24, 2.45) is 22.7 Å². The minimum absolute atomic E-state index is 0.0131. The minimum Gasteiger partial charge on any atom is -0.462 e. The molecule has 0 spiro atoms. The lowest BCUT2D eigenvalue weighted by Gasteiger charge is -2.66. The third-order valence-corrected chi connectivity index (χ3v) is 8.07. The molecule has 3 heteroatoms. The van der Waals surface area contributed by atoms with E-state index in [1.165, 1.54) is 13.3 Å². The first-order valence-corrected chi connectivity index (χ1v) is 9.98. The van der Waals surface area contributed by atoms with Crippen molar-refractivity contribution in [3.8, 4) is 0 Å². The van der Waals surface area contributed by atoms with Gasteiger partial charge in [-0.15, -0.1) is 6.58 Å². The highest BCUT2D eigenvalue weighted by Crippen LogP contribution is 2.65. The normalized spacial score (nSPS) is 48.8. The van der Waals surface area contributed by atoms with Gasteiger partial charge in [0.25, 0.3) is 0 Å². The van der Waals surface area contributed by atoms with E-state index < -0.39 is 0 Å². The van der Waals surface area contributed by atoms with Gasteiger partial charge in [0, 0.05) is 12.3 Å². The quantitative estimate of drug-likeness (QED) is 0.503. The molecular weight excluding hydrogens is 312 g/mol. The van der Waals surface area contributed by atoms with Crippen LogP contribution in [0.3, 0.4) is 0 Å². The highest BCUT2D eigenvalue weighted by molar-refractivity contribution is 5.66. The van der Waals surface area contributed by atoms with E-state index >= 15 is 0 Å². The monoisotopic (exact) mass is 348 g/mol. The summed E-state index contributed by atoms with van der Waals surface area (Å²) in [5.41, 5.74) is -0.00939. The summed E-state index contributed by atoms with van der Waals surface area (Å²) in [4.78, 5) is 11.6. The molecule has 2 saturated carbocycles. The third-order valence-electron chi connectivity index (χ3n) is 8.07. The summed E-state index contributed by atoms with van der Waals surface area (Å²) in [5, 5.41) is 0. The number of hydrogen-bond acceptors (Lipinski definition) is 3. The minimum atomic E-state index is -0.196. The predicted octanol–water partition coefficient (Wildman–Crippen LogP) is 5.28. The maximum atomic E-state index is 11.6. The van der Waals surface area contributed by atoms with Gasteiger partial charge in [-0.3, -0.25) is 4.79 Å². The van der Waals surface area contributed by atoms with E-state index in [9.17, 15) is 4.79 Å². The first-order valence-electron chi connectivity index (χ1n) is 9.98. The van der Waals surface area contributed by atoms with Crippen molar-refractivity contribution in [2.75, 3.05) is 0 Å². The van der Waals surface area contributed by atoms with Crippen LogP contribution in [0.5, 0.6) is 0 Å². The molecule has 142 valence electrons. The molecule has 3 nitrogen and oxygen atoms in total. The Labute approximate surface area is 153 Å². The molecule has 2 aliphatic carbocycles. The summed E-state index contributed by atoms with van der Waals surface area (Å²) in [6.45, 7) is 17.1. The first-order chi connectivity index (χ1) is 11.5. The Morgan fingerprint density at radius 3 is 2.28 bits per heavy atom. The predicted molar refractivity (Wildman–Crippen MR) is 100 cm³/mol. The Hall–Kier alpha value is -0.830. The van der Waals surface area contributed by atoms with Gasteiger partial charge in [-0.25, -0.2) is 0 Å². The van der Waals surface area contributed by atoms with E-state index in [2.05, 4.69) is 41.2 Å². The van der Waals surface area contributed by atoms with Gasteiger partial charge in [0.15, 0.2) is 0 Å². The zero-order chi connectivity index (χ0) is 18.7. The molecule has 1 heterocycles. The molecule has 0 aromatic heterocycles. The fourth-order valence-corrected chi connectivity index (χ4v) is 6.81. The van der Waals surface area contributed by atoms with E-state index in [0.29, 0.717) is 11.8 Å². The molecule has 0 amide bonds. The molecule has 0 unspecified atom stereocenters. The molecular formula is C22H36O3. The van der Waals surface area contributed by atoms with E-state index in [0.717, 1.165) is 32.1 Å². The van der Waals surface area contributed by atoms with Crippen LogP contribution < -0.4 is 0 Å². The largest absolute Gasteiger partial charge is 0.462 e. The lowest BCUT2D eigenvalue weighted by Crippen LogP contribution is -2.64. The van der Waals surface area contributed by atoms with E-state index in [-0.39, 0.29) is 34.1 Å². The Morgan fingerprint density at radius 1 is 1.04 bits per heavy atom. The summed E-state index contributed by atoms with van der Waals surface area (Å²) in [5.74, 6) is 0.974. The van der Waals surface area contributed by atoms with Crippen LogP contribution in [0.2, 0.25) is 0 Å². The average molecular weight is 349 g/mol. The number of esters is 1. The molecule has 3 aliphatic rings. The number of carbonyl (C=O) groups excluding carboxylic acids is 1. The Bertz CT molecular complexity index is 568. The highest BCUT2D eigenvalue weighted by atomic mass is 16.5. The highest BCUT2D eigenvalue weighted by Gasteiger charge is 2.63. The van der Waals surface area contributed by atoms with Crippen LogP contribution in [0.25, 0.3) is 0 Å². The smallest absolute Gasteiger partial charge is 0.302 e. The number of rotatable bonds is 2. The van der Waals surface area contributed by atoms with Crippen LogP contribution in [0.1, 0.15) is 80.1 Å². The van der Waals surface area contributed by atoms with Crippen LogP contribution >= 0.6 is 0 Å². The summed E-state index contributed by atoms with van der Waals surface area (Å²) >= 11 is 0. The van der Waals surface area contributed by atoms with Crippen LogP contribution in [-0.2, 0) is 14.3 Å². The van der Waals surface area contributed by atoms with Gasteiger partial charge in [0.1, 0.15) is 6.10 Å². The maximum Gasteiger partial charge on any atom is 0.302 e. The van der Waals surface area contributed by atoms with Gasteiger partial charge in [-0.1, -0.05) is 26.8 Å². The second-order valence-electron chi connectivity index (χ2n) is 10.1. The van der Waals surface area contributed by atoms with E-state index in [1.54, 1.807) is 0 Å². The van der Waals surface area contributed by atoms with Crippen LogP contribution in [0.4, 0.5) is 0 Å². The van der Waals surface area contributed by atoms with Crippen molar-refractivity contribution in [3.63, 3.8) is 0 Å². The summed E-state index contributed by atoms with van der Waals surface area (Å²) in [6, 6.07) is 0. The van der Waals surface area contributed by atoms with Crippen molar-refractivity contribution >= 4 is 5.97 Å². The zero-order valence-electron chi connectivity index (χ0n) is 17.0. The topological polar surface area (TPSA) is 35.5 Å². The summed E-state index contributed by atoms with van der Waals surface area (Å²) < 4.78 is 12.4. The molecule has 0 bridgehead atoms. The van der Waals surface area contributed by atoms with Crippen molar-refractivity contribution in [1.82, 2.24) is 0 Å². The van der Waals surface area contributed by atoms with Crippen molar-refractivity contribution in [2.45, 2.75) is 97.4 Å². The van der Waals surface area contributed by atoms with Crippen LogP contribution in [-0.4, -0.2) is 23.3 Å². The molecule has 1 saturated heterocycles. The maximum absolute atomic E-state index is 11.6. The number of ether oxygens (including phenoxy) is 2. The molecule has 3 fully saturated rings. The number of carbonyl (C=O) groups is 1.